The van der Waals surface area contributed by atoms with Crippen LogP contribution in [-0.4, -0.2) is 34.7 Å². The SMILES string of the molecule is O=C(Cc1ccccc1)NN(C(=O)c1ccccc1)C1CC(=O)N(c2ccc(F)cc2)C1=O. The third kappa shape index (κ3) is 4.79. The van der Waals surface area contributed by atoms with E-state index in [1.54, 1.807) is 54.6 Å². The van der Waals surface area contributed by atoms with Crippen molar-refractivity contribution in [2.24, 2.45) is 0 Å². The number of carbonyl (C=O) groups is 4. The minimum absolute atomic E-state index is 0.0179. The second-order valence-electron chi connectivity index (χ2n) is 7.50. The summed E-state index contributed by atoms with van der Waals surface area (Å²) in [7, 11) is 0. The Balaban J connectivity index is 1.61. The van der Waals surface area contributed by atoms with Gasteiger partial charge < -0.3 is 0 Å². The van der Waals surface area contributed by atoms with Crippen LogP contribution in [0.1, 0.15) is 22.3 Å². The fourth-order valence-electron chi connectivity index (χ4n) is 3.62. The van der Waals surface area contributed by atoms with Gasteiger partial charge in [0.25, 0.3) is 11.8 Å². The molecule has 1 fully saturated rings. The van der Waals surface area contributed by atoms with Crippen LogP contribution < -0.4 is 10.3 Å². The molecule has 3 aromatic carbocycles. The Morgan fingerprint density at radius 1 is 0.909 bits per heavy atom. The summed E-state index contributed by atoms with van der Waals surface area (Å²) >= 11 is 0. The largest absolute Gasteiger partial charge is 0.274 e. The number of hydrogen-bond donors (Lipinski definition) is 1. The zero-order valence-corrected chi connectivity index (χ0v) is 17.5. The van der Waals surface area contributed by atoms with Crippen molar-refractivity contribution in [2.45, 2.75) is 18.9 Å². The summed E-state index contributed by atoms with van der Waals surface area (Å²) in [5.74, 6) is -2.88. The van der Waals surface area contributed by atoms with E-state index in [0.717, 1.165) is 27.6 Å². The van der Waals surface area contributed by atoms with Crippen LogP contribution in [0.5, 0.6) is 0 Å². The summed E-state index contributed by atoms with van der Waals surface area (Å²) in [6, 6.07) is 20.7. The predicted molar refractivity (Wildman–Crippen MR) is 118 cm³/mol. The van der Waals surface area contributed by atoms with Crippen molar-refractivity contribution in [3.63, 3.8) is 0 Å². The Bertz CT molecular complexity index is 1180. The number of rotatable bonds is 5. The summed E-state index contributed by atoms with van der Waals surface area (Å²) in [5, 5.41) is 0.921. The molecule has 7 nitrogen and oxygen atoms in total. The van der Waals surface area contributed by atoms with Crippen molar-refractivity contribution in [3.05, 3.63) is 102 Å². The van der Waals surface area contributed by atoms with Crippen LogP contribution in [0, 0.1) is 5.82 Å². The van der Waals surface area contributed by atoms with E-state index in [2.05, 4.69) is 5.43 Å². The molecular weight excluding hydrogens is 425 g/mol. The van der Waals surface area contributed by atoms with E-state index in [1.165, 1.54) is 12.1 Å². The number of imide groups is 1. The first-order chi connectivity index (χ1) is 15.9. The predicted octanol–water partition coefficient (Wildman–Crippen LogP) is 2.87. The van der Waals surface area contributed by atoms with Gasteiger partial charge in [-0.1, -0.05) is 48.5 Å². The highest BCUT2D eigenvalue weighted by Gasteiger charge is 2.45. The average Bonchev–Trinajstić information content (AvgIpc) is 3.12. The maximum absolute atomic E-state index is 13.3. The number of anilines is 1. The lowest BCUT2D eigenvalue weighted by Crippen LogP contribution is -2.55. The van der Waals surface area contributed by atoms with E-state index in [-0.39, 0.29) is 24.1 Å². The highest BCUT2D eigenvalue weighted by molar-refractivity contribution is 6.23. The third-order valence-electron chi connectivity index (χ3n) is 5.21. The summed E-state index contributed by atoms with van der Waals surface area (Å²) < 4.78 is 13.3. The Kier molecular flexibility index (Phi) is 6.26. The van der Waals surface area contributed by atoms with Gasteiger partial charge in [0.05, 0.1) is 18.5 Å². The number of nitrogens with one attached hydrogen (secondary N) is 1. The van der Waals surface area contributed by atoms with Gasteiger partial charge in [-0.2, -0.15) is 0 Å². The Morgan fingerprint density at radius 2 is 1.52 bits per heavy atom. The van der Waals surface area contributed by atoms with Crippen LogP contribution in [0.2, 0.25) is 0 Å². The summed E-state index contributed by atoms with van der Waals surface area (Å²) in [6.07, 6.45) is -0.337. The second-order valence-corrected chi connectivity index (χ2v) is 7.50. The molecule has 0 radical (unpaired) electrons. The van der Waals surface area contributed by atoms with Gasteiger partial charge in [0.15, 0.2) is 0 Å². The van der Waals surface area contributed by atoms with E-state index < -0.39 is 35.5 Å². The van der Waals surface area contributed by atoms with Gasteiger partial charge in [0, 0.05) is 5.56 Å². The maximum atomic E-state index is 13.3. The maximum Gasteiger partial charge on any atom is 0.273 e. The first-order valence-corrected chi connectivity index (χ1v) is 10.3. The van der Waals surface area contributed by atoms with Crippen molar-refractivity contribution in [2.75, 3.05) is 4.90 Å². The minimum atomic E-state index is -1.24. The molecule has 1 atom stereocenters. The number of halogens is 1. The highest BCUT2D eigenvalue weighted by atomic mass is 19.1. The third-order valence-corrected chi connectivity index (χ3v) is 5.21. The van der Waals surface area contributed by atoms with Crippen molar-refractivity contribution in [3.8, 4) is 0 Å². The molecule has 4 rings (SSSR count). The molecule has 0 saturated carbocycles. The highest BCUT2D eigenvalue weighted by Crippen LogP contribution is 2.26. The molecular formula is C25H20FN3O4. The fraction of sp³-hybridized carbons (Fsp3) is 0.120. The van der Waals surface area contributed by atoms with E-state index in [0.29, 0.717) is 0 Å². The van der Waals surface area contributed by atoms with Gasteiger partial charge in [0.2, 0.25) is 11.8 Å². The molecule has 33 heavy (non-hydrogen) atoms. The number of nitrogens with zero attached hydrogens (tertiary/aromatic N) is 2. The summed E-state index contributed by atoms with van der Waals surface area (Å²) in [4.78, 5) is 52.7. The van der Waals surface area contributed by atoms with Crippen molar-refractivity contribution < 1.29 is 23.6 Å². The monoisotopic (exact) mass is 445 g/mol. The molecule has 3 aromatic rings. The molecule has 1 aliphatic rings. The molecule has 8 heteroatoms. The molecule has 1 saturated heterocycles. The molecule has 0 aliphatic carbocycles. The summed E-state index contributed by atoms with van der Waals surface area (Å²) in [5.41, 5.74) is 3.69. The lowest BCUT2D eigenvalue weighted by atomic mass is 10.1. The van der Waals surface area contributed by atoms with Gasteiger partial charge in [-0.3, -0.25) is 24.6 Å². The van der Waals surface area contributed by atoms with E-state index in [9.17, 15) is 23.6 Å². The average molecular weight is 445 g/mol. The van der Waals surface area contributed by atoms with Gasteiger partial charge >= 0.3 is 0 Å². The Hall–Kier alpha value is -4.33. The second kappa shape index (κ2) is 9.44. The first kappa shape index (κ1) is 21.9. The molecule has 0 aromatic heterocycles. The van der Waals surface area contributed by atoms with E-state index >= 15 is 0 Å². The topological polar surface area (TPSA) is 86.8 Å². The first-order valence-electron chi connectivity index (χ1n) is 10.3. The number of hydrazine groups is 1. The molecule has 166 valence electrons. The van der Waals surface area contributed by atoms with Crippen molar-refractivity contribution in [1.29, 1.82) is 0 Å². The van der Waals surface area contributed by atoms with Gasteiger partial charge in [-0.15, -0.1) is 0 Å². The molecule has 0 spiro atoms. The minimum Gasteiger partial charge on any atom is -0.274 e. The van der Waals surface area contributed by atoms with Crippen LogP contribution in [0.15, 0.2) is 84.9 Å². The standard InChI is InChI=1S/C25H20FN3O4/c26-19-11-13-20(14-12-19)28-23(31)16-21(25(28)33)29(24(32)18-9-5-2-6-10-18)27-22(30)15-17-7-3-1-4-8-17/h1-14,21H,15-16H2,(H,27,30). The lowest BCUT2D eigenvalue weighted by molar-refractivity contribution is -0.128. The van der Waals surface area contributed by atoms with Crippen molar-refractivity contribution >= 4 is 29.3 Å². The smallest absolute Gasteiger partial charge is 0.273 e. The van der Waals surface area contributed by atoms with Crippen LogP contribution in [-0.2, 0) is 20.8 Å². The molecule has 1 N–H and O–H groups in total. The lowest BCUT2D eigenvalue weighted by Gasteiger charge is -2.28. The molecule has 0 bridgehead atoms. The molecule has 1 unspecified atom stereocenters. The van der Waals surface area contributed by atoms with E-state index in [1.807, 2.05) is 6.07 Å². The van der Waals surface area contributed by atoms with E-state index in [4.69, 9.17) is 0 Å². The molecule has 1 aliphatic heterocycles. The normalized spacial score (nSPS) is 15.4. The van der Waals surface area contributed by atoms with Gasteiger partial charge in [-0.05, 0) is 42.0 Å². The van der Waals surface area contributed by atoms with Crippen molar-refractivity contribution in [1.82, 2.24) is 10.4 Å². The summed E-state index contributed by atoms with van der Waals surface area (Å²) in [6.45, 7) is 0. The Labute approximate surface area is 189 Å². The van der Waals surface area contributed by atoms with Crippen LogP contribution in [0.4, 0.5) is 10.1 Å². The number of benzene rings is 3. The van der Waals surface area contributed by atoms with Gasteiger partial charge in [-0.25, -0.2) is 14.3 Å². The fourth-order valence-corrected chi connectivity index (χ4v) is 3.62. The van der Waals surface area contributed by atoms with Crippen LogP contribution in [0.25, 0.3) is 0 Å². The zero-order chi connectivity index (χ0) is 23.4. The molecule has 1 heterocycles. The quantitative estimate of drug-likeness (QED) is 0.483. The van der Waals surface area contributed by atoms with Crippen LogP contribution >= 0.6 is 0 Å². The number of hydrogen-bond acceptors (Lipinski definition) is 4. The van der Waals surface area contributed by atoms with Crippen LogP contribution in [0.3, 0.4) is 0 Å². The Morgan fingerprint density at radius 3 is 2.15 bits per heavy atom. The van der Waals surface area contributed by atoms with Gasteiger partial charge in [0.1, 0.15) is 11.9 Å². The number of amides is 4. The zero-order valence-electron chi connectivity index (χ0n) is 17.5. The molecule has 4 amide bonds. The number of carbonyl (C=O) groups excluding carboxylic acids is 4.